The van der Waals surface area contributed by atoms with Gasteiger partial charge in [0.05, 0.1) is 19.2 Å². The average molecular weight is 351 g/mol. The molecule has 0 saturated carbocycles. The number of fused-ring (bicyclic) bond motifs is 1. The quantitative estimate of drug-likeness (QED) is 0.726. The molecule has 0 radical (unpaired) electrons. The van der Waals surface area contributed by atoms with Crippen molar-refractivity contribution in [3.63, 3.8) is 0 Å². The van der Waals surface area contributed by atoms with Gasteiger partial charge in [-0.15, -0.1) is 0 Å². The van der Waals surface area contributed by atoms with Gasteiger partial charge in [-0.1, -0.05) is 36.4 Å². The number of carboxylic acid groups (broad SMARTS) is 1. The highest BCUT2D eigenvalue weighted by molar-refractivity contribution is 5.68. The zero-order valence-corrected chi connectivity index (χ0v) is 13.9. The molecule has 132 valence electrons. The van der Waals surface area contributed by atoms with Crippen LogP contribution in [0.15, 0.2) is 59.1 Å². The number of carbonyl (C=O) groups is 1. The normalized spacial score (nSPS) is 15.3. The molecule has 1 N–H and O–H groups in total. The van der Waals surface area contributed by atoms with E-state index < -0.39 is 5.97 Å². The summed E-state index contributed by atoms with van der Waals surface area (Å²) in [7, 11) is 0. The molecule has 0 spiro atoms. The van der Waals surface area contributed by atoms with Crippen molar-refractivity contribution in [2.45, 2.75) is 18.9 Å². The second kappa shape index (κ2) is 6.92. The number of rotatable bonds is 6. The average Bonchev–Trinajstić information content (AvgIpc) is 3.27. The van der Waals surface area contributed by atoms with Crippen molar-refractivity contribution in [1.29, 1.82) is 0 Å². The Labute approximate surface area is 150 Å². The number of benzene rings is 2. The van der Waals surface area contributed by atoms with Gasteiger partial charge in [-0.25, -0.2) is 4.98 Å². The Kier molecular flexibility index (Phi) is 4.31. The monoisotopic (exact) mass is 351 g/mol. The zero-order valence-electron chi connectivity index (χ0n) is 13.9. The first kappa shape index (κ1) is 16.2. The van der Waals surface area contributed by atoms with E-state index in [9.17, 15) is 4.79 Å². The number of hydrogen-bond donors (Lipinski definition) is 1. The van der Waals surface area contributed by atoms with Crippen LogP contribution in [0, 0.1) is 0 Å². The van der Waals surface area contributed by atoms with Gasteiger partial charge in [0.2, 0.25) is 5.89 Å². The number of aromatic nitrogens is 1. The van der Waals surface area contributed by atoms with E-state index in [2.05, 4.69) is 4.98 Å². The maximum atomic E-state index is 10.9. The molecule has 0 amide bonds. The van der Waals surface area contributed by atoms with Crippen LogP contribution in [-0.4, -0.2) is 22.7 Å². The summed E-state index contributed by atoms with van der Waals surface area (Å²) in [6.07, 6.45) is 1.74. The summed E-state index contributed by atoms with van der Waals surface area (Å²) in [4.78, 5) is 15.1. The van der Waals surface area contributed by atoms with Gasteiger partial charge in [0.1, 0.15) is 11.5 Å². The minimum Gasteiger partial charge on any atom is -0.492 e. The fraction of sp³-hybridized carbons (Fsp3) is 0.200. The van der Waals surface area contributed by atoms with E-state index in [-0.39, 0.29) is 18.9 Å². The van der Waals surface area contributed by atoms with Crippen LogP contribution in [-0.2, 0) is 11.4 Å². The molecule has 1 aromatic heterocycles. The summed E-state index contributed by atoms with van der Waals surface area (Å²) in [5.41, 5.74) is 1.86. The highest BCUT2D eigenvalue weighted by atomic mass is 16.5. The van der Waals surface area contributed by atoms with Crippen LogP contribution in [0.5, 0.6) is 11.5 Å². The first-order valence-corrected chi connectivity index (χ1v) is 8.30. The molecule has 2 aromatic carbocycles. The number of aliphatic carboxylic acids is 1. The summed E-state index contributed by atoms with van der Waals surface area (Å²) in [6, 6.07) is 15.2. The lowest BCUT2D eigenvalue weighted by Crippen LogP contribution is -2.07. The van der Waals surface area contributed by atoms with E-state index >= 15 is 0 Å². The lowest BCUT2D eigenvalue weighted by atomic mass is 9.98. The molecular formula is C20H17NO5. The first-order chi connectivity index (χ1) is 12.7. The third-order valence-electron chi connectivity index (χ3n) is 4.26. The fourth-order valence-corrected chi connectivity index (χ4v) is 2.98. The molecule has 6 heteroatoms. The van der Waals surface area contributed by atoms with E-state index in [4.69, 9.17) is 19.0 Å². The molecule has 4 rings (SSSR count). The van der Waals surface area contributed by atoms with Crippen molar-refractivity contribution in [2.75, 3.05) is 6.61 Å². The van der Waals surface area contributed by atoms with Crippen LogP contribution < -0.4 is 9.47 Å². The molecular weight excluding hydrogens is 334 g/mol. The SMILES string of the molecule is O=C(O)CC1COc2cc(OCc3ncc(-c4ccccc4)o3)ccc21. The van der Waals surface area contributed by atoms with Crippen molar-refractivity contribution in [1.82, 2.24) is 4.98 Å². The third kappa shape index (κ3) is 3.39. The summed E-state index contributed by atoms with van der Waals surface area (Å²) in [5, 5.41) is 8.95. The molecule has 3 aromatic rings. The van der Waals surface area contributed by atoms with Gasteiger partial charge in [-0.05, 0) is 6.07 Å². The largest absolute Gasteiger partial charge is 0.492 e. The van der Waals surface area contributed by atoms with Crippen LogP contribution in [0.3, 0.4) is 0 Å². The van der Waals surface area contributed by atoms with Crippen molar-refractivity contribution in [3.8, 4) is 22.8 Å². The number of hydrogen-bond acceptors (Lipinski definition) is 5. The van der Waals surface area contributed by atoms with E-state index in [1.165, 1.54) is 0 Å². The number of nitrogens with zero attached hydrogens (tertiary/aromatic N) is 1. The second-order valence-corrected chi connectivity index (χ2v) is 6.08. The van der Waals surface area contributed by atoms with Crippen LogP contribution in [0.2, 0.25) is 0 Å². The predicted octanol–water partition coefficient (Wildman–Crippen LogP) is 3.87. The lowest BCUT2D eigenvalue weighted by molar-refractivity contribution is -0.137. The van der Waals surface area contributed by atoms with Gasteiger partial charge in [0, 0.05) is 23.1 Å². The Hall–Kier alpha value is -3.28. The van der Waals surface area contributed by atoms with E-state index in [1.807, 2.05) is 42.5 Å². The van der Waals surface area contributed by atoms with Crippen LogP contribution in [0.4, 0.5) is 0 Å². The maximum absolute atomic E-state index is 10.9. The van der Waals surface area contributed by atoms with E-state index in [1.54, 1.807) is 12.3 Å². The van der Waals surface area contributed by atoms with Crippen LogP contribution in [0.1, 0.15) is 23.8 Å². The number of carboxylic acids is 1. The Balaban J connectivity index is 1.42. The Bertz CT molecular complexity index is 919. The smallest absolute Gasteiger partial charge is 0.304 e. The van der Waals surface area contributed by atoms with Gasteiger partial charge in [-0.2, -0.15) is 0 Å². The van der Waals surface area contributed by atoms with Gasteiger partial charge < -0.3 is 19.0 Å². The molecule has 2 heterocycles. The van der Waals surface area contributed by atoms with Crippen LogP contribution >= 0.6 is 0 Å². The zero-order chi connectivity index (χ0) is 17.9. The first-order valence-electron chi connectivity index (χ1n) is 8.30. The molecule has 1 aliphatic rings. The minimum absolute atomic E-state index is 0.0613. The summed E-state index contributed by atoms with van der Waals surface area (Å²) in [6.45, 7) is 0.579. The predicted molar refractivity (Wildman–Crippen MR) is 93.2 cm³/mol. The molecule has 0 saturated heterocycles. The van der Waals surface area contributed by atoms with Gasteiger partial charge in [0.25, 0.3) is 0 Å². The molecule has 0 aliphatic carbocycles. The maximum Gasteiger partial charge on any atom is 0.304 e. The van der Waals surface area contributed by atoms with Crippen molar-refractivity contribution < 1.29 is 23.8 Å². The van der Waals surface area contributed by atoms with E-state index in [0.29, 0.717) is 29.8 Å². The molecule has 1 unspecified atom stereocenters. The van der Waals surface area contributed by atoms with Gasteiger partial charge in [-0.3, -0.25) is 4.79 Å². The van der Waals surface area contributed by atoms with Gasteiger partial charge in [0.15, 0.2) is 12.4 Å². The Morgan fingerprint density at radius 3 is 2.88 bits per heavy atom. The standard InChI is InChI=1S/C20H17NO5/c22-20(23)8-14-11-25-17-9-15(6-7-16(14)17)24-12-19-21-10-18(26-19)13-4-2-1-3-5-13/h1-7,9-10,14H,8,11-12H2,(H,22,23). The van der Waals surface area contributed by atoms with Crippen LogP contribution in [0.25, 0.3) is 11.3 Å². The molecule has 0 bridgehead atoms. The van der Waals surface area contributed by atoms with Gasteiger partial charge >= 0.3 is 5.97 Å². The lowest BCUT2D eigenvalue weighted by Gasteiger charge is -2.07. The van der Waals surface area contributed by atoms with Crippen molar-refractivity contribution >= 4 is 5.97 Å². The van der Waals surface area contributed by atoms with Crippen molar-refractivity contribution in [3.05, 3.63) is 66.2 Å². The summed E-state index contributed by atoms with van der Waals surface area (Å²) < 4.78 is 17.0. The molecule has 26 heavy (non-hydrogen) atoms. The third-order valence-corrected chi connectivity index (χ3v) is 4.26. The molecule has 1 aliphatic heterocycles. The second-order valence-electron chi connectivity index (χ2n) is 6.08. The summed E-state index contributed by atoms with van der Waals surface area (Å²) in [5.74, 6) is 1.53. The molecule has 1 atom stereocenters. The Morgan fingerprint density at radius 1 is 1.23 bits per heavy atom. The number of oxazole rings is 1. The molecule has 0 fully saturated rings. The molecule has 6 nitrogen and oxygen atoms in total. The van der Waals surface area contributed by atoms with E-state index in [0.717, 1.165) is 11.1 Å². The minimum atomic E-state index is -0.829. The number of ether oxygens (including phenoxy) is 2. The Morgan fingerprint density at radius 2 is 2.08 bits per heavy atom. The van der Waals surface area contributed by atoms with Crippen molar-refractivity contribution in [2.24, 2.45) is 0 Å². The fourth-order valence-electron chi connectivity index (χ4n) is 2.98. The summed E-state index contributed by atoms with van der Waals surface area (Å²) >= 11 is 0. The highest BCUT2D eigenvalue weighted by Crippen LogP contribution is 2.38. The topological polar surface area (TPSA) is 81.8 Å². The highest BCUT2D eigenvalue weighted by Gasteiger charge is 2.26.